The van der Waals surface area contributed by atoms with E-state index in [9.17, 15) is 18.8 Å². The average Bonchev–Trinajstić information content (AvgIpc) is 3.31. The van der Waals surface area contributed by atoms with Crippen molar-refractivity contribution in [3.8, 4) is 0 Å². The van der Waals surface area contributed by atoms with Crippen molar-refractivity contribution in [3.05, 3.63) is 89.1 Å². The Morgan fingerprint density at radius 2 is 1.75 bits per heavy atom. The zero-order valence-electron chi connectivity index (χ0n) is 14.8. The minimum absolute atomic E-state index is 0.132. The highest BCUT2D eigenvalue weighted by atomic mass is 19.1. The Morgan fingerprint density at radius 3 is 2.43 bits per heavy atom. The van der Waals surface area contributed by atoms with Gasteiger partial charge in [0, 0.05) is 5.56 Å². The average molecular weight is 378 g/mol. The van der Waals surface area contributed by atoms with Crippen molar-refractivity contribution in [2.45, 2.75) is 13.0 Å². The van der Waals surface area contributed by atoms with E-state index in [-0.39, 0.29) is 28.4 Å². The van der Waals surface area contributed by atoms with E-state index < -0.39 is 23.5 Å². The summed E-state index contributed by atoms with van der Waals surface area (Å²) in [6.45, 7) is 1.77. The lowest BCUT2D eigenvalue weighted by Crippen LogP contribution is -2.29. The van der Waals surface area contributed by atoms with E-state index in [1.807, 2.05) is 0 Å². The Morgan fingerprint density at radius 1 is 1.04 bits per heavy atom. The van der Waals surface area contributed by atoms with Gasteiger partial charge in [-0.15, -0.1) is 0 Å². The number of nitrogens with one attached hydrogen (secondary N) is 1. The van der Waals surface area contributed by atoms with Crippen LogP contribution in [0.4, 0.5) is 10.1 Å². The molecule has 0 unspecified atom stereocenters. The Kier molecular flexibility index (Phi) is 4.27. The molecule has 2 heterocycles. The van der Waals surface area contributed by atoms with Gasteiger partial charge in [-0.1, -0.05) is 0 Å². The molecule has 0 aliphatic carbocycles. The summed E-state index contributed by atoms with van der Waals surface area (Å²) in [5.74, 6) is -1.33. The van der Waals surface area contributed by atoms with Crippen LogP contribution in [0.3, 0.4) is 0 Å². The normalized spacial score (nSPS) is 14.1. The third-order valence-electron chi connectivity index (χ3n) is 4.55. The third-order valence-corrected chi connectivity index (χ3v) is 4.55. The van der Waals surface area contributed by atoms with E-state index in [0.717, 1.165) is 4.90 Å². The molecule has 3 amide bonds. The van der Waals surface area contributed by atoms with Crippen LogP contribution in [0.2, 0.25) is 0 Å². The van der Waals surface area contributed by atoms with Crippen LogP contribution < -0.4 is 10.2 Å². The molecular weight excluding hydrogens is 363 g/mol. The molecule has 28 heavy (non-hydrogen) atoms. The van der Waals surface area contributed by atoms with Gasteiger partial charge in [-0.2, -0.15) is 0 Å². The first-order chi connectivity index (χ1) is 13.5. The van der Waals surface area contributed by atoms with Gasteiger partial charge in [-0.25, -0.2) is 9.29 Å². The summed E-state index contributed by atoms with van der Waals surface area (Å²) in [7, 11) is 0. The molecular formula is C21H15FN2O4. The molecule has 1 atom stereocenters. The molecule has 1 N–H and O–H groups in total. The molecule has 0 radical (unpaired) electrons. The number of anilines is 1. The molecule has 1 aliphatic heterocycles. The van der Waals surface area contributed by atoms with Crippen molar-refractivity contribution in [3.63, 3.8) is 0 Å². The second kappa shape index (κ2) is 6.77. The molecule has 2 aromatic carbocycles. The standard InChI is InChI=1S/C21H15FN2O4/c1-12(18-3-2-10-28-18)23-19(25)13-4-9-16-17(11-13)21(27)24(20(16)26)15-7-5-14(22)6-8-15/h2-12H,1H3,(H,23,25)/t12-/m1/s1. The molecule has 0 fully saturated rings. The highest BCUT2D eigenvalue weighted by Gasteiger charge is 2.37. The number of carbonyl (C=O) groups excluding carboxylic acids is 3. The lowest BCUT2D eigenvalue weighted by atomic mass is 10.0. The zero-order valence-corrected chi connectivity index (χ0v) is 14.8. The van der Waals surface area contributed by atoms with Crippen LogP contribution in [0.1, 0.15) is 49.8 Å². The van der Waals surface area contributed by atoms with E-state index in [4.69, 9.17) is 4.42 Å². The Balaban J connectivity index is 1.60. The smallest absolute Gasteiger partial charge is 0.266 e. The van der Waals surface area contributed by atoms with Gasteiger partial charge in [0.1, 0.15) is 11.6 Å². The number of hydrogen-bond donors (Lipinski definition) is 1. The topological polar surface area (TPSA) is 79.6 Å². The number of furan rings is 1. The molecule has 3 aromatic rings. The van der Waals surface area contributed by atoms with Crippen molar-refractivity contribution >= 4 is 23.4 Å². The summed E-state index contributed by atoms with van der Waals surface area (Å²) in [5.41, 5.74) is 0.849. The number of amides is 3. The predicted octanol–water partition coefficient (Wildman–Crippen LogP) is 3.71. The van der Waals surface area contributed by atoms with Gasteiger partial charge in [0.05, 0.1) is 29.1 Å². The van der Waals surface area contributed by atoms with E-state index >= 15 is 0 Å². The fourth-order valence-corrected chi connectivity index (χ4v) is 3.10. The van der Waals surface area contributed by atoms with Gasteiger partial charge in [0.15, 0.2) is 0 Å². The number of benzene rings is 2. The fraction of sp³-hybridized carbons (Fsp3) is 0.0952. The lowest BCUT2D eigenvalue weighted by molar-refractivity contribution is 0.0921. The van der Waals surface area contributed by atoms with Gasteiger partial charge in [-0.05, 0) is 61.5 Å². The second-order valence-corrected chi connectivity index (χ2v) is 6.39. The van der Waals surface area contributed by atoms with Crippen molar-refractivity contribution in [2.75, 3.05) is 4.90 Å². The van der Waals surface area contributed by atoms with Crippen molar-refractivity contribution < 1.29 is 23.2 Å². The number of imide groups is 1. The van der Waals surface area contributed by atoms with Gasteiger partial charge in [0.2, 0.25) is 0 Å². The maximum atomic E-state index is 13.1. The molecule has 4 rings (SSSR count). The molecule has 7 heteroatoms. The molecule has 0 saturated carbocycles. The third kappa shape index (κ3) is 2.96. The predicted molar refractivity (Wildman–Crippen MR) is 98.6 cm³/mol. The van der Waals surface area contributed by atoms with Crippen LogP contribution in [-0.4, -0.2) is 17.7 Å². The number of rotatable bonds is 4. The largest absolute Gasteiger partial charge is 0.467 e. The Hall–Kier alpha value is -3.74. The fourth-order valence-electron chi connectivity index (χ4n) is 3.10. The van der Waals surface area contributed by atoms with E-state index in [1.165, 1.54) is 48.7 Å². The quantitative estimate of drug-likeness (QED) is 0.702. The number of nitrogens with zero attached hydrogens (tertiary/aromatic N) is 1. The highest BCUT2D eigenvalue weighted by Crippen LogP contribution is 2.29. The molecule has 140 valence electrons. The molecule has 0 saturated heterocycles. The van der Waals surface area contributed by atoms with Crippen molar-refractivity contribution in [1.82, 2.24) is 5.32 Å². The number of fused-ring (bicyclic) bond motifs is 1. The number of carbonyl (C=O) groups is 3. The maximum Gasteiger partial charge on any atom is 0.266 e. The monoisotopic (exact) mass is 378 g/mol. The van der Waals surface area contributed by atoms with Crippen LogP contribution >= 0.6 is 0 Å². The minimum atomic E-state index is -0.555. The SMILES string of the molecule is C[C@@H](NC(=O)c1ccc2c(c1)C(=O)N(c1ccc(F)cc1)C2=O)c1ccco1. The van der Waals surface area contributed by atoms with Gasteiger partial charge in [0.25, 0.3) is 17.7 Å². The van der Waals surface area contributed by atoms with E-state index in [0.29, 0.717) is 5.76 Å². The van der Waals surface area contributed by atoms with Crippen molar-refractivity contribution in [1.29, 1.82) is 0 Å². The molecule has 1 aromatic heterocycles. The van der Waals surface area contributed by atoms with Crippen LogP contribution in [0.15, 0.2) is 65.3 Å². The summed E-state index contributed by atoms with van der Waals surface area (Å²) >= 11 is 0. The zero-order chi connectivity index (χ0) is 19.8. The van der Waals surface area contributed by atoms with Crippen LogP contribution in [0.25, 0.3) is 0 Å². The second-order valence-electron chi connectivity index (χ2n) is 6.39. The number of hydrogen-bond acceptors (Lipinski definition) is 4. The first-order valence-electron chi connectivity index (χ1n) is 8.58. The van der Waals surface area contributed by atoms with Crippen LogP contribution in [-0.2, 0) is 0 Å². The molecule has 6 nitrogen and oxygen atoms in total. The summed E-state index contributed by atoms with van der Waals surface area (Å²) in [6, 6.07) is 12.5. The van der Waals surface area contributed by atoms with E-state index in [2.05, 4.69) is 5.32 Å². The Bertz CT molecular complexity index is 1070. The summed E-state index contributed by atoms with van der Waals surface area (Å²) in [5, 5.41) is 2.78. The van der Waals surface area contributed by atoms with Gasteiger partial charge < -0.3 is 9.73 Å². The maximum absolute atomic E-state index is 13.1. The minimum Gasteiger partial charge on any atom is -0.467 e. The van der Waals surface area contributed by atoms with Crippen molar-refractivity contribution in [2.24, 2.45) is 0 Å². The van der Waals surface area contributed by atoms with Gasteiger partial charge >= 0.3 is 0 Å². The molecule has 0 spiro atoms. The number of halogens is 1. The first kappa shape index (κ1) is 17.7. The van der Waals surface area contributed by atoms with E-state index in [1.54, 1.807) is 19.1 Å². The summed E-state index contributed by atoms with van der Waals surface area (Å²) < 4.78 is 18.4. The summed E-state index contributed by atoms with van der Waals surface area (Å²) in [6.07, 6.45) is 1.52. The van der Waals surface area contributed by atoms with Crippen LogP contribution in [0.5, 0.6) is 0 Å². The molecule has 1 aliphatic rings. The van der Waals surface area contributed by atoms with Gasteiger partial charge in [-0.3, -0.25) is 14.4 Å². The first-order valence-corrected chi connectivity index (χ1v) is 8.58. The molecule has 0 bridgehead atoms. The lowest BCUT2D eigenvalue weighted by Gasteiger charge is -2.13. The summed E-state index contributed by atoms with van der Waals surface area (Å²) in [4.78, 5) is 38.8. The highest BCUT2D eigenvalue weighted by molar-refractivity contribution is 6.34. The van der Waals surface area contributed by atoms with Crippen LogP contribution in [0, 0.1) is 5.82 Å². The Labute approximate surface area is 159 Å².